The highest BCUT2D eigenvalue weighted by Crippen LogP contribution is 2.24. The van der Waals surface area contributed by atoms with Gasteiger partial charge in [0, 0.05) is 25.7 Å². The van der Waals surface area contributed by atoms with Gasteiger partial charge in [0.2, 0.25) is 0 Å². The topological polar surface area (TPSA) is 28.2 Å². The van der Waals surface area contributed by atoms with Gasteiger partial charge in [0.1, 0.15) is 5.82 Å². The van der Waals surface area contributed by atoms with E-state index in [9.17, 15) is 0 Å². The van der Waals surface area contributed by atoms with Crippen molar-refractivity contribution in [3.63, 3.8) is 0 Å². The van der Waals surface area contributed by atoms with Crippen molar-refractivity contribution in [2.24, 2.45) is 5.92 Å². The van der Waals surface area contributed by atoms with E-state index in [1.54, 1.807) is 0 Å². The van der Waals surface area contributed by atoms with Gasteiger partial charge in [-0.15, -0.1) is 0 Å². The van der Waals surface area contributed by atoms with Crippen molar-refractivity contribution in [2.45, 2.75) is 59.0 Å². The molecule has 3 nitrogen and oxygen atoms in total. The molecule has 0 atom stereocenters. The maximum absolute atomic E-state index is 4.80. The molecule has 0 aliphatic carbocycles. The Morgan fingerprint density at radius 1 is 1.30 bits per heavy atom. The molecule has 0 radical (unpaired) electrons. The van der Waals surface area contributed by atoms with Gasteiger partial charge in [0.05, 0.1) is 5.69 Å². The summed E-state index contributed by atoms with van der Waals surface area (Å²) in [5, 5.41) is 3.43. The van der Waals surface area contributed by atoms with Crippen LogP contribution < -0.4 is 10.2 Å². The second-order valence-corrected chi connectivity index (χ2v) is 6.24. The first-order chi connectivity index (χ1) is 9.69. The number of piperidine rings is 1. The first-order valence-corrected chi connectivity index (χ1v) is 8.13. The molecule has 2 rings (SSSR count). The van der Waals surface area contributed by atoms with Crippen molar-refractivity contribution < 1.29 is 0 Å². The minimum absolute atomic E-state index is 0.505. The molecule has 0 bridgehead atoms. The minimum atomic E-state index is 0.505. The Bertz CT molecular complexity index is 395. The van der Waals surface area contributed by atoms with Crippen LogP contribution in [0.25, 0.3) is 0 Å². The van der Waals surface area contributed by atoms with Crippen LogP contribution >= 0.6 is 0 Å². The normalized spacial score (nSPS) is 16.9. The maximum Gasteiger partial charge on any atom is 0.128 e. The van der Waals surface area contributed by atoms with Crippen LogP contribution in [0.2, 0.25) is 0 Å². The average Bonchev–Trinajstić information content (AvgIpc) is 2.47. The van der Waals surface area contributed by atoms with Gasteiger partial charge in [0.15, 0.2) is 0 Å². The SMILES string of the molecule is CCCC1CCN(c2cccc(CNC(C)C)n2)CC1. The highest BCUT2D eigenvalue weighted by Gasteiger charge is 2.19. The molecular formula is C17H29N3. The summed E-state index contributed by atoms with van der Waals surface area (Å²) in [7, 11) is 0. The summed E-state index contributed by atoms with van der Waals surface area (Å²) in [5.74, 6) is 2.09. The van der Waals surface area contributed by atoms with Crippen LogP contribution in [-0.2, 0) is 6.54 Å². The molecule has 0 unspecified atom stereocenters. The van der Waals surface area contributed by atoms with E-state index in [-0.39, 0.29) is 0 Å². The van der Waals surface area contributed by atoms with Gasteiger partial charge >= 0.3 is 0 Å². The maximum atomic E-state index is 4.80. The predicted molar refractivity (Wildman–Crippen MR) is 86.1 cm³/mol. The van der Waals surface area contributed by atoms with Crippen LogP contribution in [0.4, 0.5) is 5.82 Å². The number of hydrogen-bond acceptors (Lipinski definition) is 3. The van der Waals surface area contributed by atoms with Crippen molar-refractivity contribution in [3.8, 4) is 0 Å². The summed E-state index contributed by atoms with van der Waals surface area (Å²) in [6.07, 6.45) is 5.35. The molecule has 0 spiro atoms. The number of hydrogen-bond donors (Lipinski definition) is 1. The minimum Gasteiger partial charge on any atom is -0.357 e. The second kappa shape index (κ2) is 7.63. The van der Waals surface area contributed by atoms with Crippen molar-refractivity contribution in [2.75, 3.05) is 18.0 Å². The summed E-state index contributed by atoms with van der Waals surface area (Å²) < 4.78 is 0. The van der Waals surface area contributed by atoms with Gasteiger partial charge in [-0.3, -0.25) is 0 Å². The van der Waals surface area contributed by atoms with Gasteiger partial charge in [-0.1, -0.05) is 39.7 Å². The third kappa shape index (κ3) is 4.48. The highest BCUT2D eigenvalue weighted by molar-refractivity contribution is 5.39. The highest BCUT2D eigenvalue weighted by atomic mass is 15.2. The Labute approximate surface area is 123 Å². The van der Waals surface area contributed by atoms with Gasteiger partial charge in [-0.2, -0.15) is 0 Å². The lowest BCUT2D eigenvalue weighted by atomic mass is 9.92. The smallest absolute Gasteiger partial charge is 0.128 e. The van der Waals surface area contributed by atoms with Crippen molar-refractivity contribution >= 4 is 5.82 Å². The fourth-order valence-corrected chi connectivity index (χ4v) is 2.91. The molecule has 112 valence electrons. The van der Waals surface area contributed by atoms with Crippen LogP contribution in [0, 0.1) is 5.92 Å². The Hall–Kier alpha value is -1.09. The molecular weight excluding hydrogens is 246 g/mol. The number of nitrogens with zero attached hydrogens (tertiary/aromatic N) is 2. The standard InChI is InChI=1S/C17H29N3/c1-4-6-15-9-11-20(12-10-15)17-8-5-7-16(19-17)13-18-14(2)3/h5,7-8,14-15,18H,4,6,9-13H2,1-3H3. The molecule has 20 heavy (non-hydrogen) atoms. The summed E-state index contributed by atoms with van der Waals surface area (Å²) in [6.45, 7) is 9.82. The van der Waals surface area contributed by atoms with E-state index in [0.29, 0.717) is 6.04 Å². The van der Waals surface area contributed by atoms with Crippen LogP contribution in [0.3, 0.4) is 0 Å². The fraction of sp³-hybridized carbons (Fsp3) is 0.706. The van der Waals surface area contributed by atoms with E-state index in [2.05, 4.69) is 49.2 Å². The molecule has 1 aliphatic rings. The Kier molecular flexibility index (Phi) is 5.84. The molecule has 0 aromatic carbocycles. The molecule has 1 aliphatic heterocycles. The van der Waals surface area contributed by atoms with Crippen LogP contribution in [0.5, 0.6) is 0 Å². The van der Waals surface area contributed by atoms with E-state index in [0.717, 1.165) is 24.0 Å². The van der Waals surface area contributed by atoms with E-state index in [4.69, 9.17) is 4.98 Å². The first-order valence-electron chi connectivity index (χ1n) is 8.13. The molecule has 1 saturated heterocycles. The van der Waals surface area contributed by atoms with Crippen molar-refractivity contribution in [3.05, 3.63) is 23.9 Å². The number of aromatic nitrogens is 1. The van der Waals surface area contributed by atoms with Gasteiger partial charge in [0.25, 0.3) is 0 Å². The third-order valence-corrected chi connectivity index (χ3v) is 4.12. The first kappa shape index (κ1) is 15.3. The third-order valence-electron chi connectivity index (χ3n) is 4.12. The summed E-state index contributed by atoms with van der Waals surface area (Å²) in [5.41, 5.74) is 1.15. The van der Waals surface area contributed by atoms with E-state index in [1.165, 1.54) is 38.8 Å². The Morgan fingerprint density at radius 2 is 2.05 bits per heavy atom. The van der Waals surface area contributed by atoms with Gasteiger partial charge in [-0.05, 0) is 30.9 Å². The molecule has 0 amide bonds. The van der Waals surface area contributed by atoms with E-state index >= 15 is 0 Å². The van der Waals surface area contributed by atoms with Gasteiger partial charge in [-0.25, -0.2) is 4.98 Å². The van der Waals surface area contributed by atoms with E-state index in [1.807, 2.05) is 0 Å². The molecule has 0 saturated carbocycles. The zero-order chi connectivity index (χ0) is 14.4. The fourth-order valence-electron chi connectivity index (χ4n) is 2.91. The summed E-state index contributed by atoms with van der Waals surface area (Å²) in [6, 6.07) is 6.91. The lowest BCUT2D eigenvalue weighted by Gasteiger charge is -2.33. The Balaban J connectivity index is 1.91. The molecule has 1 aromatic rings. The van der Waals surface area contributed by atoms with Crippen LogP contribution in [0.1, 0.15) is 52.1 Å². The van der Waals surface area contributed by atoms with Crippen LogP contribution in [0.15, 0.2) is 18.2 Å². The molecule has 1 aromatic heterocycles. The Morgan fingerprint density at radius 3 is 2.70 bits per heavy atom. The summed E-state index contributed by atoms with van der Waals surface area (Å²) >= 11 is 0. The zero-order valence-electron chi connectivity index (χ0n) is 13.2. The van der Waals surface area contributed by atoms with Crippen LogP contribution in [-0.4, -0.2) is 24.1 Å². The molecule has 3 heteroatoms. The lowest BCUT2D eigenvalue weighted by molar-refractivity contribution is 0.377. The number of anilines is 1. The average molecular weight is 275 g/mol. The second-order valence-electron chi connectivity index (χ2n) is 6.24. The summed E-state index contributed by atoms with van der Waals surface area (Å²) in [4.78, 5) is 7.25. The van der Waals surface area contributed by atoms with Crippen molar-refractivity contribution in [1.82, 2.24) is 10.3 Å². The van der Waals surface area contributed by atoms with Crippen molar-refractivity contribution in [1.29, 1.82) is 0 Å². The zero-order valence-corrected chi connectivity index (χ0v) is 13.2. The molecule has 1 fully saturated rings. The number of pyridine rings is 1. The predicted octanol–water partition coefficient (Wildman–Crippen LogP) is 3.60. The van der Waals surface area contributed by atoms with Gasteiger partial charge < -0.3 is 10.2 Å². The lowest BCUT2D eigenvalue weighted by Crippen LogP contribution is -2.34. The number of nitrogens with one attached hydrogen (secondary N) is 1. The monoisotopic (exact) mass is 275 g/mol. The quantitative estimate of drug-likeness (QED) is 0.860. The molecule has 1 N–H and O–H groups in total. The molecule has 2 heterocycles. The largest absolute Gasteiger partial charge is 0.357 e. The van der Waals surface area contributed by atoms with E-state index < -0.39 is 0 Å². The number of rotatable bonds is 6.